The molecule has 0 saturated heterocycles. The fourth-order valence-electron chi connectivity index (χ4n) is 1.88. The topological polar surface area (TPSA) is 45.8 Å². The molecule has 18 heavy (non-hydrogen) atoms. The number of carbonyl (C=O) groups is 1. The molecule has 1 rings (SSSR count). The molecule has 1 aromatic rings. The Morgan fingerprint density at radius 3 is 2.83 bits per heavy atom. The van der Waals surface area contributed by atoms with Gasteiger partial charge in [-0.05, 0) is 39.2 Å². The largest absolute Gasteiger partial charge is 0.354 e. The number of hydrogen-bond donors (Lipinski definition) is 0. The van der Waals surface area contributed by atoms with Crippen LogP contribution in [0.4, 0.5) is 0 Å². The van der Waals surface area contributed by atoms with Gasteiger partial charge in [0.05, 0.1) is 11.5 Å². The van der Waals surface area contributed by atoms with Crippen molar-refractivity contribution < 1.29 is 4.79 Å². The van der Waals surface area contributed by atoms with Gasteiger partial charge >= 0.3 is 0 Å². The maximum absolute atomic E-state index is 11.7. The van der Waals surface area contributed by atoms with E-state index < -0.39 is 0 Å². The highest BCUT2D eigenvalue weighted by atomic mass is 16.1. The summed E-state index contributed by atoms with van der Waals surface area (Å²) in [7, 11) is 0. The van der Waals surface area contributed by atoms with Gasteiger partial charge in [0, 0.05) is 30.9 Å². The second kappa shape index (κ2) is 6.39. The highest BCUT2D eigenvalue weighted by Crippen LogP contribution is 2.21. The average Bonchev–Trinajstić information content (AvgIpc) is 2.78. The Hall–Kier alpha value is -1.56. The van der Waals surface area contributed by atoms with Gasteiger partial charge in [0.1, 0.15) is 0 Å². The molecule has 0 aromatic carbocycles. The number of hydrogen-bond acceptors (Lipinski definition) is 2. The second-order valence-corrected chi connectivity index (χ2v) is 5.41. The highest BCUT2D eigenvalue weighted by Gasteiger charge is 2.15. The van der Waals surface area contributed by atoms with Gasteiger partial charge in [-0.3, -0.25) is 4.79 Å². The van der Waals surface area contributed by atoms with Crippen molar-refractivity contribution in [2.75, 3.05) is 0 Å². The lowest BCUT2D eigenvalue weighted by molar-refractivity contribution is 0.0981. The SMILES string of the molecule is CCCC(=O)c1ccn(CCCC(C)(C)C#N)c1. The third kappa shape index (κ3) is 4.37. The number of carbonyl (C=O) groups excluding carboxylic acids is 1. The normalized spacial score (nSPS) is 11.2. The molecule has 0 aliphatic heterocycles. The predicted octanol–water partition coefficient (Wildman–Crippen LogP) is 3.80. The van der Waals surface area contributed by atoms with Gasteiger partial charge in [-0.2, -0.15) is 5.26 Å². The Morgan fingerprint density at radius 2 is 2.22 bits per heavy atom. The van der Waals surface area contributed by atoms with Crippen LogP contribution in [0.2, 0.25) is 0 Å². The molecule has 0 radical (unpaired) electrons. The minimum absolute atomic E-state index is 0.216. The van der Waals surface area contributed by atoms with Gasteiger partial charge in [0.25, 0.3) is 0 Å². The number of Topliss-reactive ketones (excluding diaryl/α,β-unsaturated/α-hetero) is 1. The quantitative estimate of drug-likeness (QED) is 0.687. The monoisotopic (exact) mass is 246 g/mol. The van der Waals surface area contributed by atoms with E-state index >= 15 is 0 Å². The lowest BCUT2D eigenvalue weighted by Gasteiger charge is -2.14. The first-order valence-electron chi connectivity index (χ1n) is 6.59. The van der Waals surface area contributed by atoms with Crippen LogP contribution in [0.5, 0.6) is 0 Å². The summed E-state index contributed by atoms with van der Waals surface area (Å²) in [6, 6.07) is 4.19. The minimum Gasteiger partial charge on any atom is -0.354 e. The molecule has 0 amide bonds. The maximum Gasteiger partial charge on any atom is 0.164 e. The molecule has 3 nitrogen and oxygen atoms in total. The third-order valence-electron chi connectivity index (χ3n) is 3.07. The summed E-state index contributed by atoms with van der Waals surface area (Å²) < 4.78 is 2.04. The van der Waals surface area contributed by atoms with E-state index in [2.05, 4.69) is 6.07 Å². The standard InChI is InChI=1S/C15H22N2O/c1-4-6-14(18)13-7-10-17(11-13)9-5-8-15(2,3)12-16/h7,10-11H,4-6,8-9H2,1-3H3. The molecule has 0 aliphatic carbocycles. The molecule has 0 aliphatic rings. The zero-order valence-electron chi connectivity index (χ0n) is 11.6. The van der Waals surface area contributed by atoms with E-state index in [0.29, 0.717) is 6.42 Å². The summed E-state index contributed by atoms with van der Waals surface area (Å²) >= 11 is 0. The number of aromatic nitrogens is 1. The Bertz CT molecular complexity index is 438. The van der Waals surface area contributed by atoms with Crippen molar-refractivity contribution in [3.8, 4) is 6.07 Å². The third-order valence-corrected chi connectivity index (χ3v) is 3.07. The van der Waals surface area contributed by atoms with Crippen molar-refractivity contribution in [2.45, 2.75) is 53.0 Å². The van der Waals surface area contributed by atoms with E-state index in [1.807, 2.05) is 43.8 Å². The van der Waals surface area contributed by atoms with Gasteiger partial charge in [-0.25, -0.2) is 0 Å². The number of ketones is 1. The van der Waals surface area contributed by atoms with E-state index in [1.165, 1.54) is 0 Å². The van der Waals surface area contributed by atoms with Crippen molar-refractivity contribution in [1.29, 1.82) is 5.26 Å². The molecule has 0 bridgehead atoms. The van der Waals surface area contributed by atoms with Crippen LogP contribution in [0.15, 0.2) is 18.5 Å². The van der Waals surface area contributed by atoms with Gasteiger partial charge in [-0.1, -0.05) is 6.92 Å². The second-order valence-electron chi connectivity index (χ2n) is 5.41. The predicted molar refractivity (Wildman–Crippen MR) is 72.3 cm³/mol. The lowest BCUT2D eigenvalue weighted by atomic mass is 9.90. The summed E-state index contributed by atoms with van der Waals surface area (Å²) in [5, 5.41) is 8.93. The minimum atomic E-state index is -0.256. The van der Waals surface area contributed by atoms with Crippen LogP contribution in [0.3, 0.4) is 0 Å². The number of rotatable bonds is 7. The molecule has 3 heteroatoms. The van der Waals surface area contributed by atoms with Gasteiger partial charge < -0.3 is 4.57 Å². The smallest absolute Gasteiger partial charge is 0.164 e. The molecule has 0 spiro atoms. The van der Waals surface area contributed by atoms with Crippen LogP contribution >= 0.6 is 0 Å². The molecular formula is C15H22N2O. The maximum atomic E-state index is 11.7. The zero-order valence-corrected chi connectivity index (χ0v) is 11.6. The lowest BCUT2D eigenvalue weighted by Crippen LogP contribution is -2.09. The van der Waals surface area contributed by atoms with Crippen molar-refractivity contribution in [3.63, 3.8) is 0 Å². The van der Waals surface area contributed by atoms with Crippen molar-refractivity contribution in [1.82, 2.24) is 4.57 Å². The molecule has 0 N–H and O–H groups in total. The molecule has 1 heterocycles. The molecule has 1 aromatic heterocycles. The van der Waals surface area contributed by atoms with Crippen LogP contribution in [0, 0.1) is 16.7 Å². The van der Waals surface area contributed by atoms with Gasteiger partial charge in [-0.15, -0.1) is 0 Å². The Morgan fingerprint density at radius 1 is 1.50 bits per heavy atom. The summed E-state index contributed by atoms with van der Waals surface area (Å²) in [5.74, 6) is 0.216. The number of aryl methyl sites for hydroxylation is 1. The highest BCUT2D eigenvalue weighted by molar-refractivity contribution is 5.95. The number of nitriles is 1. The fraction of sp³-hybridized carbons (Fsp3) is 0.600. The molecular weight excluding hydrogens is 224 g/mol. The zero-order chi connectivity index (χ0) is 13.6. The van der Waals surface area contributed by atoms with Crippen LogP contribution < -0.4 is 0 Å². The van der Waals surface area contributed by atoms with Crippen LogP contribution in [-0.4, -0.2) is 10.4 Å². The van der Waals surface area contributed by atoms with Crippen molar-refractivity contribution >= 4 is 5.78 Å². The molecule has 0 saturated carbocycles. The Kier molecular flexibility index (Phi) is 5.15. The van der Waals surface area contributed by atoms with Gasteiger partial charge in [0.2, 0.25) is 0 Å². The van der Waals surface area contributed by atoms with Gasteiger partial charge in [0.15, 0.2) is 5.78 Å². The molecule has 0 unspecified atom stereocenters. The van der Waals surface area contributed by atoms with Crippen LogP contribution in [-0.2, 0) is 6.54 Å². The van der Waals surface area contributed by atoms with Crippen LogP contribution in [0.25, 0.3) is 0 Å². The van der Waals surface area contributed by atoms with E-state index in [-0.39, 0.29) is 11.2 Å². The molecule has 0 fully saturated rings. The summed E-state index contributed by atoms with van der Waals surface area (Å²) in [4.78, 5) is 11.7. The summed E-state index contributed by atoms with van der Waals surface area (Å²) in [6.45, 7) is 6.79. The van der Waals surface area contributed by atoms with Crippen LogP contribution in [0.1, 0.15) is 56.8 Å². The van der Waals surface area contributed by atoms with E-state index in [4.69, 9.17) is 5.26 Å². The van der Waals surface area contributed by atoms with Crippen molar-refractivity contribution in [2.24, 2.45) is 5.41 Å². The molecule has 0 atom stereocenters. The summed E-state index contributed by atoms with van der Waals surface area (Å²) in [6.07, 6.45) is 7.20. The first-order valence-corrected chi connectivity index (χ1v) is 6.59. The van der Waals surface area contributed by atoms with E-state index in [9.17, 15) is 4.79 Å². The molecule has 98 valence electrons. The summed E-state index contributed by atoms with van der Waals surface area (Å²) in [5.41, 5.74) is 0.546. The van der Waals surface area contributed by atoms with Crippen molar-refractivity contribution in [3.05, 3.63) is 24.0 Å². The average molecular weight is 246 g/mol. The first kappa shape index (κ1) is 14.5. The Labute approximate surface area is 109 Å². The fourth-order valence-corrected chi connectivity index (χ4v) is 1.88. The Balaban J connectivity index is 2.46. The van der Waals surface area contributed by atoms with E-state index in [1.54, 1.807) is 0 Å². The first-order chi connectivity index (χ1) is 8.48. The van der Waals surface area contributed by atoms with E-state index in [0.717, 1.165) is 31.4 Å². The number of nitrogens with zero attached hydrogens (tertiary/aromatic N) is 2.